The monoisotopic (exact) mass is 444 g/mol. The third-order valence-electron chi connectivity index (χ3n) is 6.02. The molecule has 1 atom stereocenters. The third-order valence-corrected chi connectivity index (χ3v) is 7.89. The average Bonchev–Trinajstić information content (AvgIpc) is 3.16. The molecule has 4 aromatic rings. The molecule has 0 aliphatic carbocycles. The predicted octanol–water partition coefficient (Wildman–Crippen LogP) is 5.04. The summed E-state index contributed by atoms with van der Waals surface area (Å²) in [6, 6.07) is 24.4. The van der Waals surface area contributed by atoms with Crippen LogP contribution in [0.4, 0.5) is 0 Å². The van der Waals surface area contributed by atoms with Crippen LogP contribution in [0.15, 0.2) is 83.8 Å². The molecule has 6 heteroatoms. The standard InChI is InChI=1S/C26H24N2O3S/c1-18-8-11-23(12-9-18)32(29,30)28-17-21-15-20-16-22(31-2)10-13-24(20)27-26(21)25(28)14-19-6-4-3-5-7-19/h3-13,15-16,25H,14,17H2,1-2H3. The minimum atomic E-state index is -3.70. The SMILES string of the molecule is COc1ccc2nc3c(cc2c1)CN(S(=O)(=O)c1ccc(C)cc1)C3Cc1ccccc1. The maximum absolute atomic E-state index is 13.7. The van der Waals surface area contributed by atoms with E-state index in [1.807, 2.05) is 73.7 Å². The first kappa shape index (κ1) is 20.7. The fraction of sp³-hybridized carbons (Fsp3) is 0.192. The van der Waals surface area contributed by atoms with Gasteiger partial charge in [0.1, 0.15) is 5.75 Å². The van der Waals surface area contributed by atoms with Crippen LogP contribution in [0, 0.1) is 6.92 Å². The number of pyridine rings is 1. The van der Waals surface area contributed by atoms with Gasteiger partial charge in [-0.3, -0.25) is 4.98 Å². The third kappa shape index (κ3) is 3.66. The molecule has 0 amide bonds. The van der Waals surface area contributed by atoms with Crippen molar-refractivity contribution in [1.82, 2.24) is 9.29 Å². The van der Waals surface area contributed by atoms with E-state index in [1.54, 1.807) is 23.5 Å². The Morgan fingerprint density at radius 2 is 1.75 bits per heavy atom. The Labute approximate surface area is 188 Å². The second-order valence-electron chi connectivity index (χ2n) is 8.16. The van der Waals surface area contributed by atoms with Crippen molar-refractivity contribution in [3.05, 3.63) is 101 Å². The van der Waals surface area contributed by atoms with Gasteiger partial charge in [-0.05, 0) is 60.9 Å². The van der Waals surface area contributed by atoms with Gasteiger partial charge in [0.15, 0.2) is 0 Å². The van der Waals surface area contributed by atoms with Gasteiger partial charge in [0.2, 0.25) is 10.0 Å². The summed E-state index contributed by atoms with van der Waals surface area (Å²) >= 11 is 0. The zero-order chi connectivity index (χ0) is 22.3. The Morgan fingerprint density at radius 3 is 2.47 bits per heavy atom. The Bertz CT molecular complexity index is 1380. The van der Waals surface area contributed by atoms with Crippen molar-refractivity contribution in [2.45, 2.75) is 30.8 Å². The van der Waals surface area contributed by atoms with Gasteiger partial charge in [-0.1, -0.05) is 48.0 Å². The van der Waals surface area contributed by atoms with Gasteiger partial charge in [-0.2, -0.15) is 4.31 Å². The first-order chi connectivity index (χ1) is 15.5. The van der Waals surface area contributed by atoms with Crippen molar-refractivity contribution in [1.29, 1.82) is 0 Å². The molecule has 0 spiro atoms. The first-order valence-corrected chi connectivity index (χ1v) is 12.0. The fourth-order valence-corrected chi connectivity index (χ4v) is 5.87. The number of sulfonamides is 1. The highest BCUT2D eigenvalue weighted by Gasteiger charge is 2.40. The molecule has 0 bridgehead atoms. The molecule has 0 N–H and O–H groups in total. The van der Waals surface area contributed by atoms with Crippen LogP contribution in [0.5, 0.6) is 5.75 Å². The number of methoxy groups -OCH3 is 1. The lowest BCUT2D eigenvalue weighted by molar-refractivity contribution is 0.345. The lowest BCUT2D eigenvalue weighted by Crippen LogP contribution is -2.31. The molecule has 162 valence electrons. The normalized spacial score (nSPS) is 16.2. The van der Waals surface area contributed by atoms with Crippen LogP contribution in [-0.2, 0) is 23.0 Å². The van der Waals surface area contributed by atoms with Crippen molar-refractivity contribution in [3.8, 4) is 5.75 Å². The number of rotatable bonds is 5. The second kappa shape index (κ2) is 8.04. The molecule has 0 radical (unpaired) electrons. The topological polar surface area (TPSA) is 59.5 Å². The quantitative estimate of drug-likeness (QED) is 0.433. The molecule has 1 aliphatic heterocycles. The van der Waals surface area contributed by atoms with Crippen LogP contribution in [-0.4, -0.2) is 24.8 Å². The van der Waals surface area contributed by atoms with Gasteiger partial charge >= 0.3 is 0 Å². The molecular weight excluding hydrogens is 420 g/mol. The number of ether oxygens (including phenoxy) is 1. The van der Waals surface area contributed by atoms with Crippen molar-refractivity contribution in [2.24, 2.45) is 0 Å². The van der Waals surface area contributed by atoms with Gasteiger partial charge in [-0.15, -0.1) is 0 Å². The van der Waals surface area contributed by atoms with E-state index in [0.717, 1.165) is 39.0 Å². The Kier molecular flexibility index (Phi) is 5.19. The van der Waals surface area contributed by atoms with Crippen molar-refractivity contribution >= 4 is 20.9 Å². The predicted molar refractivity (Wildman–Crippen MR) is 125 cm³/mol. The summed E-state index contributed by atoms with van der Waals surface area (Å²) in [5.74, 6) is 0.752. The minimum Gasteiger partial charge on any atom is -0.497 e. The molecule has 1 unspecified atom stereocenters. The van der Waals surface area contributed by atoms with E-state index < -0.39 is 10.0 Å². The second-order valence-corrected chi connectivity index (χ2v) is 10.1. The van der Waals surface area contributed by atoms with E-state index in [0.29, 0.717) is 17.9 Å². The largest absolute Gasteiger partial charge is 0.497 e. The molecule has 0 fully saturated rings. The van der Waals surface area contributed by atoms with Crippen molar-refractivity contribution < 1.29 is 13.2 Å². The molecule has 5 nitrogen and oxygen atoms in total. The summed E-state index contributed by atoms with van der Waals surface area (Å²) < 4.78 is 34.3. The summed E-state index contributed by atoms with van der Waals surface area (Å²) in [7, 11) is -2.06. The van der Waals surface area contributed by atoms with Gasteiger partial charge < -0.3 is 4.74 Å². The zero-order valence-electron chi connectivity index (χ0n) is 18.0. The van der Waals surface area contributed by atoms with Crippen LogP contribution in [0.25, 0.3) is 10.9 Å². The Morgan fingerprint density at radius 1 is 1.00 bits per heavy atom. The van der Waals surface area contributed by atoms with Crippen LogP contribution < -0.4 is 4.74 Å². The number of benzene rings is 3. The van der Waals surface area contributed by atoms with E-state index in [1.165, 1.54) is 0 Å². The fourth-order valence-electron chi connectivity index (χ4n) is 4.30. The molecular formula is C26H24N2O3S. The van der Waals surface area contributed by atoms with Crippen LogP contribution >= 0.6 is 0 Å². The number of aromatic nitrogens is 1. The highest BCUT2D eigenvalue weighted by atomic mass is 32.2. The molecule has 2 heterocycles. The number of hydrogen-bond acceptors (Lipinski definition) is 4. The van der Waals surface area contributed by atoms with Gasteiger partial charge in [0.05, 0.1) is 29.3 Å². The van der Waals surface area contributed by atoms with Crippen LogP contribution in [0.2, 0.25) is 0 Å². The molecule has 1 aliphatic rings. The maximum atomic E-state index is 13.7. The Balaban J connectivity index is 1.63. The Hall–Kier alpha value is -3.22. The smallest absolute Gasteiger partial charge is 0.244 e. The average molecular weight is 445 g/mol. The summed E-state index contributed by atoms with van der Waals surface area (Å²) in [6.07, 6.45) is 0.563. The lowest BCUT2D eigenvalue weighted by Gasteiger charge is -2.24. The van der Waals surface area contributed by atoms with E-state index >= 15 is 0 Å². The molecule has 1 aromatic heterocycles. The van der Waals surface area contributed by atoms with Gasteiger partial charge in [0.25, 0.3) is 0 Å². The van der Waals surface area contributed by atoms with Crippen molar-refractivity contribution in [3.63, 3.8) is 0 Å². The molecule has 5 rings (SSSR count). The minimum absolute atomic E-state index is 0.295. The zero-order valence-corrected chi connectivity index (χ0v) is 18.8. The first-order valence-electron chi connectivity index (χ1n) is 10.6. The number of fused-ring (bicyclic) bond motifs is 2. The summed E-state index contributed by atoms with van der Waals surface area (Å²) in [6.45, 7) is 2.24. The van der Waals surface area contributed by atoms with E-state index in [4.69, 9.17) is 9.72 Å². The van der Waals surface area contributed by atoms with Crippen LogP contribution in [0.1, 0.15) is 28.4 Å². The summed E-state index contributed by atoms with van der Waals surface area (Å²) in [5.41, 5.74) is 4.68. The molecule has 3 aromatic carbocycles. The maximum Gasteiger partial charge on any atom is 0.244 e. The van der Waals surface area contributed by atoms with Crippen LogP contribution in [0.3, 0.4) is 0 Å². The van der Waals surface area contributed by atoms with Gasteiger partial charge in [-0.25, -0.2) is 8.42 Å². The number of hydrogen-bond donors (Lipinski definition) is 0. The number of nitrogens with zero attached hydrogens (tertiary/aromatic N) is 2. The number of aryl methyl sites for hydroxylation is 1. The van der Waals surface area contributed by atoms with Crippen molar-refractivity contribution in [2.75, 3.05) is 7.11 Å². The highest BCUT2D eigenvalue weighted by molar-refractivity contribution is 7.89. The molecule has 32 heavy (non-hydrogen) atoms. The van der Waals surface area contributed by atoms with E-state index in [2.05, 4.69) is 0 Å². The molecule has 0 saturated heterocycles. The summed E-state index contributed by atoms with van der Waals surface area (Å²) in [5, 5.41) is 0.941. The highest BCUT2D eigenvalue weighted by Crippen LogP contribution is 2.40. The summed E-state index contributed by atoms with van der Waals surface area (Å²) in [4.78, 5) is 5.22. The van der Waals surface area contributed by atoms with Gasteiger partial charge in [0, 0.05) is 11.9 Å². The molecule has 0 saturated carbocycles. The van der Waals surface area contributed by atoms with E-state index in [9.17, 15) is 8.42 Å². The van der Waals surface area contributed by atoms with E-state index in [-0.39, 0.29) is 6.04 Å². The lowest BCUT2D eigenvalue weighted by atomic mass is 10.0.